The number of anilines is 3. The van der Waals surface area contributed by atoms with Gasteiger partial charge in [0.05, 0.1) is 4.92 Å². The van der Waals surface area contributed by atoms with Crippen molar-refractivity contribution in [3.8, 4) is 0 Å². The van der Waals surface area contributed by atoms with E-state index < -0.39 is 4.92 Å². The highest BCUT2D eigenvalue weighted by Crippen LogP contribution is 2.23. The summed E-state index contributed by atoms with van der Waals surface area (Å²) in [7, 11) is 1.58. The predicted molar refractivity (Wildman–Crippen MR) is 82.0 cm³/mol. The maximum Gasteiger partial charge on any atom is 0.329 e. The van der Waals surface area contributed by atoms with Crippen LogP contribution in [0.15, 0.2) is 30.5 Å². The second kappa shape index (κ2) is 6.17. The maximum absolute atomic E-state index is 10.8. The molecule has 0 unspecified atom stereocenters. The van der Waals surface area contributed by atoms with E-state index in [1.807, 2.05) is 24.3 Å². The number of benzene rings is 1. The summed E-state index contributed by atoms with van der Waals surface area (Å²) in [6.07, 6.45) is 1.18. The molecule has 2 N–H and O–H groups in total. The van der Waals surface area contributed by atoms with Crippen molar-refractivity contribution < 1.29 is 4.92 Å². The fourth-order valence-corrected chi connectivity index (χ4v) is 1.83. The van der Waals surface area contributed by atoms with Crippen molar-refractivity contribution in [1.82, 2.24) is 9.97 Å². The quantitative estimate of drug-likeness (QED) is 0.647. The summed E-state index contributed by atoms with van der Waals surface area (Å²) in [5, 5.41) is 16.5. The molecule has 0 aliphatic heterocycles. The second-order valence-corrected chi connectivity index (χ2v) is 4.84. The Balaban J connectivity index is 2.21. The van der Waals surface area contributed by atoms with Crippen LogP contribution >= 0.6 is 0 Å². The lowest BCUT2D eigenvalue weighted by Gasteiger charge is -2.09. The maximum atomic E-state index is 10.8. The Bertz CT molecular complexity index is 640. The highest BCUT2D eigenvalue weighted by atomic mass is 16.6. The number of nitrogens with one attached hydrogen (secondary N) is 2. The molecule has 1 heterocycles. The van der Waals surface area contributed by atoms with Gasteiger partial charge in [0.1, 0.15) is 6.20 Å². The van der Waals surface area contributed by atoms with E-state index in [2.05, 4.69) is 34.4 Å². The molecule has 2 aromatic rings. The third-order valence-electron chi connectivity index (χ3n) is 3.04. The van der Waals surface area contributed by atoms with Crippen molar-refractivity contribution in [3.63, 3.8) is 0 Å². The summed E-state index contributed by atoms with van der Waals surface area (Å²) in [6, 6.07) is 7.91. The van der Waals surface area contributed by atoms with Gasteiger partial charge in [-0.05, 0) is 23.6 Å². The molecule has 2 rings (SSSR count). The SMILES string of the molecule is CNc1nc(Nc2ccc(C(C)C)cc2)ncc1[N+](=O)[O-]. The largest absolute Gasteiger partial charge is 0.367 e. The van der Waals surface area contributed by atoms with Crippen molar-refractivity contribution in [2.45, 2.75) is 19.8 Å². The van der Waals surface area contributed by atoms with Gasteiger partial charge in [0, 0.05) is 12.7 Å². The minimum atomic E-state index is -0.521. The van der Waals surface area contributed by atoms with Gasteiger partial charge < -0.3 is 10.6 Å². The summed E-state index contributed by atoms with van der Waals surface area (Å²) < 4.78 is 0. The summed E-state index contributed by atoms with van der Waals surface area (Å²) in [6.45, 7) is 4.25. The lowest BCUT2D eigenvalue weighted by Crippen LogP contribution is -2.04. The minimum absolute atomic E-state index is 0.154. The molecule has 21 heavy (non-hydrogen) atoms. The van der Waals surface area contributed by atoms with Crippen molar-refractivity contribution in [3.05, 3.63) is 46.1 Å². The van der Waals surface area contributed by atoms with Crippen LogP contribution in [-0.4, -0.2) is 21.9 Å². The molecule has 7 nitrogen and oxygen atoms in total. The van der Waals surface area contributed by atoms with Gasteiger partial charge in [-0.3, -0.25) is 10.1 Å². The molecule has 0 fully saturated rings. The smallest absolute Gasteiger partial charge is 0.329 e. The van der Waals surface area contributed by atoms with Gasteiger partial charge in [-0.25, -0.2) is 4.98 Å². The molecule has 0 aliphatic carbocycles. The molecule has 0 spiro atoms. The summed E-state index contributed by atoms with van der Waals surface area (Å²) >= 11 is 0. The average Bonchev–Trinajstić information content (AvgIpc) is 2.47. The molecule has 0 aliphatic rings. The van der Waals surface area contributed by atoms with Crippen LogP contribution in [0.4, 0.5) is 23.1 Å². The first kappa shape index (κ1) is 14.7. The van der Waals surface area contributed by atoms with Crippen LogP contribution in [0.25, 0.3) is 0 Å². The first-order chi connectivity index (χ1) is 10.0. The zero-order valence-electron chi connectivity index (χ0n) is 12.1. The van der Waals surface area contributed by atoms with Crippen LogP contribution in [0.5, 0.6) is 0 Å². The number of nitrogens with zero attached hydrogens (tertiary/aromatic N) is 3. The van der Waals surface area contributed by atoms with Crippen LogP contribution in [0, 0.1) is 10.1 Å². The van der Waals surface area contributed by atoms with Crippen molar-refractivity contribution in [2.24, 2.45) is 0 Å². The fraction of sp³-hybridized carbons (Fsp3) is 0.286. The molecule has 0 atom stereocenters. The molecule has 1 aromatic heterocycles. The molecule has 0 amide bonds. The van der Waals surface area contributed by atoms with Gasteiger partial charge in [0.25, 0.3) is 0 Å². The van der Waals surface area contributed by atoms with Gasteiger partial charge in [-0.15, -0.1) is 0 Å². The Morgan fingerprint density at radius 2 is 1.90 bits per heavy atom. The average molecular weight is 287 g/mol. The first-order valence-electron chi connectivity index (χ1n) is 6.57. The van der Waals surface area contributed by atoms with Gasteiger partial charge in [-0.2, -0.15) is 4.98 Å². The van der Waals surface area contributed by atoms with Crippen molar-refractivity contribution >= 4 is 23.1 Å². The van der Waals surface area contributed by atoms with E-state index in [9.17, 15) is 10.1 Å². The monoisotopic (exact) mass is 287 g/mol. The Kier molecular flexibility index (Phi) is 4.32. The van der Waals surface area contributed by atoms with Crippen LogP contribution in [0.2, 0.25) is 0 Å². The van der Waals surface area contributed by atoms with E-state index in [0.29, 0.717) is 11.9 Å². The summed E-state index contributed by atoms with van der Waals surface area (Å²) in [4.78, 5) is 18.3. The molecular formula is C14H17N5O2. The summed E-state index contributed by atoms with van der Waals surface area (Å²) in [5.74, 6) is 0.948. The van der Waals surface area contributed by atoms with E-state index in [1.165, 1.54) is 11.8 Å². The first-order valence-corrected chi connectivity index (χ1v) is 6.57. The van der Waals surface area contributed by atoms with E-state index in [0.717, 1.165) is 5.69 Å². The predicted octanol–water partition coefficient (Wildman–Crippen LogP) is 3.29. The Morgan fingerprint density at radius 1 is 1.24 bits per heavy atom. The number of nitro groups is 1. The van der Waals surface area contributed by atoms with Crippen LogP contribution in [0.3, 0.4) is 0 Å². The zero-order valence-corrected chi connectivity index (χ0v) is 12.1. The van der Waals surface area contributed by atoms with Gasteiger partial charge in [0.15, 0.2) is 0 Å². The van der Waals surface area contributed by atoms with E-state index in [1.54, 1.807) is 7.05 Å². The van der Waals surface area contributed by atoms with Gasteiger partial charge >= 0.3 is 5.69 Å². The van der Waals surface area contributed by atoms with E-state index >= 15 is 0 Å². The van der Waals surface area contributed by atoms with Gasteiger partial charge in [0.2, 0.25) is 11.8 Å². The Morgan fingerprint density at radius 3 is 2.43 bits per heavy atom. The molecule has 0 saturated heterocycles. The third kappa shape index (κ3) is 3.44. The highest BCUT2D eigenvalue weighted by molar-refractivity contribution is 5.60. The van der Waals surface area contributed by atoms with Crippen molar-refractivity contribution in [1.29, 1.82) is 0 Å². The molecule has 110 valence electrons. The molecule has 0 bridgehead atoms. The van der Waals surface area contributed by atoms with Crippen LogP contribution in [-0.2, 0) is 0 Å². The number of hydrogen-bond donors (Lipinski definition) is 2. The standard InChI is InChI=1S/C14H17N5O2/c1-9(2)10-4-6-11(7-5-10)17-14-16-8-12(19(20)21)13(15-3)18-14/h4-9H,1-3H3,(H2,15,16,17,18). The molecule has 7 heteroatoms. The Hall–Kier alpha value is -2.70. The zero-order chi connectivity index (χ0) is 15.4. The normalized spacial score (nSPS) is 10.5. The van der Waals surface area contributed by atoms with Crippen LogP contribution < -0.4 is 10.6 Å². The number of hydrogen-bond acceptors (Lipinski definition) is 6. The molecule has 0 saturated carbocycles. The number of rotatable bonds is 5. The second-order valence-electron chi connectivity index (χ2n) is 4.84. The van der Waals surface area contributed by atoms with Crippen LogP contribution in [0.1, 0.15) is 25.3 Å². The molecule has 1 aromatic carbocycles. The lowest BCUT2D eigenvalue weighted by molar-refractivity contribution is -0.384. The fourth-order valence-electron chi connectivity index (χ4n) is 1.83. The molecular weight excluding hydrogens is 270 g/mol. The number of aromatic nitrogens is 2. The van der Waals surface area contributed by atoms with E-state index in [-0.39, 0.29) is 11.5 Å². The lowest BCUT2D eigenvalue weighted by atomic mass is 10.0. The molecule has 0 radical (unpaired) electrons. The summed E-state index contributed by atoms with van der Waals surface area (Å²) in [5.41, 5.74) is 1.91. The minimum Gasteiger partial charge on any atom is -0.367 e. The Labute approximate surface area is 122 Å². The third-order valence-corrected chi connectivity index (χ3v) is 3.04. The van der Waals surface area contributed by atoms with Crippen molar-refractivity contribution in [2.75, 3.05) is 17.7 Å². The van der Waals surface area contributed by atoms with E-state index in [4.69, 9.17) is 0 Å². The topological polar surface area (TPSA) is 93.0 Å². The highest BCUT2D eigenvalue weighted by Gasteiger charge is 2.15. The van der Waals surface area contributed by atoms with Gasteiger partial charge in [-0.1, -0.05) is 26.0 Å².